The van der Waals surface area contributed by atoms with E-state index in [1.54, 1.807) is 28.0 Å². The van der Waals surface area contributed by atoms with Crippen LogP contribution in [0.5, 0.6) is 0 Å². The molecule has 0 unspecified atom stereocenters. The molecule has 13 heteroatoms. The number of hydrogen-bond donors (Lipinski definition) is 2. The van der Waals surface area contributed by atoms with Crippen LogP contribution in [0.25, 0.3) is 0 Å². The Kier molecular flexibility index (Phi) is 8.52. The quantitative estimate of drug-likeness (QED) is 0.288. The van der Waals surface area contributed by atoms with E-state index < -0.39 is 11.7 Å². The summed E-state index contributed by atoms with van der Waals surface area (Å²) in [5.41, 5.74) is 2.26. The van der Waals surface area contributed by atoms with Crippen LogP contribution < -0.4 is 10.6 Å². The molecule has 2 amide bonds. The van der Waals surface area contributed by atoms with E-state index in [4.69, 9.17) is 11.6 Å². The monoisotopic (exact) mass is 525 g/mol. The number of carbonyl (C=O) groups excluding carboxylic acids is 2. The molecular formula is C24H25ClFN9O2. The van der Waals surface area contributed by atoms with Crippen LogP contribution >= 0.6 is 11.6 Å². The molecule has 0 saturated carbocycles. The van der Waals surface area contributed by atoms with Crippen LogP contribution in [0.15, 0.2) is 48.9 Å². The van der Waals surface area contributed by atoms with Gasteiger partial charge in [0.15, 0.2) is 11.5 Å². The summed E-state index contributed by atoms with van der Waals surface area (Å²) in [5.74, 6) is -0.944. The molecule has 2 N–H and O–H groups in total. The Morgan fingerprint density at radius 2 is 1.78 bits per heavy atom. The molecule has 11 nitrogen and oxygen atoms in total. The van der Waals surface area contributed by atoms with Crippen molar-refractivity contribution in [2.75, 3.05) is 5.32 Å². The van der Waals surface area contributed by atoms with E-state index in [0.29, 0.717) is 24.7 Å². The van der Waals surface area contributed by atoms with Gasteiger partial charge in [0.1, 0.15) is 5.82 Å². The van der Waals surface area contributed by atoms with E-state index in [0.717, 1.165) is 24.1 Å². The number of unbranched alkanes of at least 4 members (excludes halogenated alkanes) is 1. The second-order valence-corrected chi connectivity index (χ2v) is 8.83. The Balaban J connectivity index is 1.17. The first-order valence-corrected chi connectivity index (χ1v) is 12.0. The molecule has 0 radical (unpaired) electrons. The van der Waals surface area contributed by atoms with E-state index in [-0.39, 0.29) is 29.4 Å². The summed E-state index contributed by atoms with van der Waals surface area (Å²) in [4.78, 5) is 28.7. The smallest absolute Gasteiger partial charge is 0.273 e. The largest absolute Gasteiger partial charge is 0.346 e. The van der Waals surface area contributed by atoms with E-state index in [9.17, 15) is 14.0 Å². The third-order valence-corrected chi connectivity index (χ3v) is 5.62. The van der Waals surface area contributed by atoms with Gasteiger partial charge in [-0.2, -0.15) is 0 Å². The fourth-order valence-corrected chi connectivity index (χ4v) is 3.63. The number of aryl methyl sites for hydroxylation is 3. The third kappa shape index (κ3) is 7.64. The van der Waals surface area contributed by atoms with Crippen molar-refractivity contribution in [3.63, 3.8) is 0 Å². The van der Waals surface area contributed by atoms with E-state index in [2.05, 4.69) is 36.2 Å². The predicted octanol–water partition coefficient (Wildman–Crippen LogP) is 2.96. The van der Waals surface area contributed by atoms with Crippen molar-refractivity contribution in [2.24, 2.45) is 0 Å². The Labute approximate surface area is 217 Å². The summed E-state index contributed by atoms with van der Waals surface area (Å²) in [6.07, 6.45) is 6.28. The molecule has 0 bridgehead atoms. The summed E-state index contributed by atoms with van der Waals surface area (Å²) >= 11 is 5.86. The number of hydrogen-bond acceptors (Lipinski definition) is 7. The number of nitrogens with zero attached hydrogens (tertiary/aromatic N) is 7. The number of rotatable bonds is 11. The van der Waals surface area contributed by atoms with Gasteiger partial charge in [0.05, 0.1) is 18.8 Å². The summed E-state index contributed by atoms with van der Waals surface area (Å²) in [6, 6.07) is 7.86. The molecule has 0 aliphatic heterocycles. The van der Waals surface area contributed by atoms with Gasteiger partial charge in [-0.15, -0.1) is 10.2 Å². The van der Waals surface area contributed by atoms with Gasteiger partial charge in [0, 0.05) is 36.5 Å². The van der Waals surface area contributed by atoms with Gasteiger partial charge in [-0.05, 0) is 55.2 Å². The molecular weight excluding hydrogens is 501 g/mol. The van der Waals surface area contributed by atoms with Crippen molar-refractivity contribution in [1.29, 1.82) is 0 Å². The van der Waals surface area contributed by atoms with Gasteiger partial charge >= 0.3 is 0 Å². The zero-order chi connectivity index (χ0) is 26.2. The molecule has 0 spiro atoms. The number of anilines is 1. The Morgan fingerprint density at radius 1 is 1.03 bits per heavy atom. The Hall–Kier alpha value is -4.19. The molecule has 4 rings (SSSR count). The van der Waals surface area contributed by atoms with Crippen LogP contribution in [0.1, 0.15) is 40.2 Å². The maximum absolute atomic E-state index is 13.8. The highest BCUT2D eigenvalue weighted by molar-refractivity contribution is 6.30. The summed E-state index contributed by atoms with van der Waals surface area (Å²) < 4.78 is 17.0. The molecule has 0 aliphatic carbocycles. The van der Waals surface area contributed by atoms with E-state index in [1.807, 2.05) is 19.1 Å². The summed E-state index contributed by atoms with van der Waals surface area (Å²) in [7, 11) is 0. The van der Waals surface area contributed by atoms with Gasteiger partial charge < -0.3 is 10.6 Å². The van der Waals surface area contributed by atoms with Crippen LogP contribution in [0.2, 0.25) is 5.02 Å². The lowest BCUT2D eigenvalue weighted by Gasteiger charge is -2.04. The third-order valence-electron chi connectivity index (χ3n) is 5.39. The zero-order valence-corrected chi connectivity index (χ0v) is 20.8. The molecule has 192 valence electrons. The first-order chi connectivity index (χ1) is 17.9. The molecule has 4 aromatic rings. The minimum Gasteiger partial charge on any atom is -0.346 e. The number of amides is 2. The maximum Gasteiger partial charge on any atom is 0.273 e. The lowest BCUT2D eigenvalue weighted by atomic mass is 10.1. The van der Waals surface area contributed by atoms with Crippen molar-refractivity contribution in [2.45, 2.75) is 45.8 Å². The molecule has 3 aromatic heterocycles. The number of aromatic nitrogens is 7. The summed E-state index contributed by atoms with van der Waals surface area (Å²) in [5, 5.41) is 21.6. The lowest BCUT2D eigenvalue weighted by molar-refractivity contribution is -0.115. The predicted molar refractivity (Wildman–Crippen MR) is 133 cm³/mol. The number of benzene rings is 1. The van der Waals surface area contributed by atoms with Crippen LogP contribution in [0, 0.1) is 12.7 Å². The number of nitrogens with one attached hydrogen (secondary N) is 2. The number of carbonyl (C=O) groups is 2. The topological polar surface area (TPSA) is 133 Å². The van der Waals surface area contributed by atoms with Crippen LogP contribution in [-0.4, -0.2) is 46.8 Å². The highest BCUT2D eigenvalue weighted by Gasteiger charge is 2.12. The van der Waals surface area contributed by atoms with E-state index in [1.165, 1.54) is 18.2 Å². The van der Waals surface area contributed by atoms with Crippen molar-refractivity contribution < 1.29 is 14.0 Å². The second kappa shape index (κ2) is 12.2. The van der Waals surface area contributed by atoms with Crippen molar-refractivity contribution in [3.8, 4) is 0 Å². The second-order valence-electron chi connectivity index (χ2n) is 8.39. The average molecular weight is 526 g/mol. The van der Waals surface area contributed by atoms with Crippen molar-refractivity contribution >= 4 is 29.2 Å². The Morgan fingerprint density at radius 3 is 2.54 bits per heavy atom. The number of halogens is 2. The zero-order valence-electron chi connectivity index (χ0n) is 20.1. The minimum atomic E-state index is -0.497. The highest BCUT2D eigenvalue weighted by Crippen LogP contribution is 2.16. The van der Waals surface area contributed by atoms with Gasteiger partial charge in [0.2, 0.25) is 5.91 Å². The molecule has 0 fully saturated rings. The van der Waals surface area contributed by atoms with Crippen LogP contribution in [-0.2, 0) is 30.8 Å². The Bertz CT molecular complexity index is 1370. The van der Waals surface area contributed by atoms with Crippen LogP contribution in [0.4, 0.5) is 10.2 Å². The standard InChI is InChI=1S/C24H25ClFN9O2/c1-16-4-5-17(12-27-16)13-28-24(37)21-14-34(32-30-21)8-2-3-9-35-15-22(31-33-35)29-23(36)11-18-10-19(25)6-7-20(18)26/h4-7,10,12,14-15H,2-3,8-9,11,13H2,1H3,(H,28,37)(H,29,36). The lowest BCUT2D eigenvalue weighted by Crippen LogP contribution is -2.23. The average Bonchev–Trinajstić information content (AvgIpc) is 3.53. The molecule has 0 saturated heterocycles. The van der Waals surface area contributed by atoms with Gasteiger partial charge in [0.25, 0.3) is 5.91 Å². The van der Waals surface area contributed by atoms with Crippen molar-refractivity contribution in [1.82, 2.24) is 40.3 Å². The van der Waals surface area contributed by atoms with Gasteiger partial charge in [-0.25, -0.2) is 4.39 Å². The maximum atomic E-state index is 13.8. The fourth-order valence-electron chi connectivity index (χ4n) is 3.44. The van der Waals surface area contributed by atoms with Gasteiger partial charge in [-0.3, -0.25) is 23.9 Å². The molecule has 1 aromatic carbocycles. The fraction of sp³-hybridized carbons (Fsp3) is 0.292. The normalized spacial score (nSPS) is 10.9. The first kappa shape index (κ1) is 25.9. The SMILES string of the molecule is Cc1ccc(CNC(=O)c2cn(CCCCn3cc(NC(=O)Cc4cc(Cl)ccc4F)nn3)nn2)cn1. The van der Waals surface area contributed by atoms with Gasteiger partial charge in [-0.1, -0.05) is 28.1 Å². The van der Waals surface area contributed by atoms with Crippen LogP contribution in [0.3, 0.4) is 0 Å². The number of pyridine rings is 1. The van der Waals surface area contributed by atoms with E-state index >= 15 is 0 Å². The summed E-state index contributed by atoms with van der Waals surface area (Å²) in [6.45, 7) is 3.40. The minimum absolute atomic E-state index is 0.166. The molecule has 37 heavy (non-hydrogen) atoms. The molecule has 3 heterocycles. The van der Waals surface area contributed by atoms with Crippen molar-refractivity contribution in [3.05, 3.63) is 82.3 Å². The molecule has 0 atom stereocenters. The molecule has 0 aliphatic rings. The highest BCUT2D eigenvalue weighted by atomic mass is 35.5. The first-order valence-electron chi connectivity index (χ1n) is 11.6.